The first kappa shape index (κ1) is 52.4. The van der Waals surface area contributed by atoms with Gasteiger partial charge >= 0.3 is 11.9 Å². The van der Waals surface area contributed by atoms with Gasteiger partial charge in [0.25, 0.3) is 0 Å². The van der Waals surface area contributed by atoms with Gasteiger partial charge in [-0.25, -0.2) is 0 Å². The van der Waals surface area contributed by atoms with Gasteiger partial charge in [-0.15, -0.1) is 0 Å². The monoisotopic (exact) mass is 972 g/mol. The number of methoxy groups -OCH3 is 1. The van der Waals surface area contributed by atoms with E-state index in [2.05, 4.69) is 26.8 Å². The van der Waals surface area contributed by atoms with Crippen LogP contribution in [0.25, 0.3) is 0 Å². The van der Waals surface area contributed by atoms with Crippen LogP contribution < -0.4 is 0 Å². The largest absolute Gasteiger partial charge is 0.469 e. The lowest BCUT2D eigenvalue weighted by Crippen LogP contribution is -2.67. The molecule has 0 spiro atoms. The number of rotatable bonds is 10. The standard InChI is InChI=1S/C48H76O20/c1-43(41(60)62-6)13-15-48(42(61)68-39-36(59)34(57)32(55)26(19-50)65-39)16-14-46(4)22(23(48)17-43)7-8-28-44(2)11-10-29(45(3,21-51)27(44)9-12-47(28,46)5)66-40-37(30(53)24(52)20-63-40)67-38-35(58)33(56)31(54)25(18-49)64-38/h7,23-40,49-59H,8-21H2,1-6H3/t23-,24+,25+,26+,27+,28+,29-,30-,31-,32-,33-,34-,35+,36+,37+,38-,39-,40-,43-,44-,45-,46+,47+,48-/m0/s1. The van der Waals surface area contributed by atoms with Gasteiger partial charge in [-0.2, -0.15) is 0 Å². The predicted octanol–water partition coefficient (Wildman–Crippen LogP) is -1.09. The summed E-state index contributed by atoms with van der Waals surface area (Å²) in [5.41, 5.74) is -3.03. The highest BCUT2D eigenvalue weighted by molar-refractivity contribution is 5.81. The Morgan fingerprint density at radius 2 is 1.29 bits per heavy atom. The summed E-state index contributed by atoms with van der Waals surface area (Å²) in [6.45, 7) is 8.76. The quantitative estimate of drug-likeness (QED) is 0.0704. The molecule has 24 atom stereocenters. The number of allylic oxidation sites excluding steroid dienone is 2. The second-order valence-corrected chi connectivity index (χ2v) is 22.7. The number of fused-ring (bicyclic) bond motifs is 7. The minimum Gasteiger partial charge on any atom is -0.469 e. The molecule has 8 rings (SSSR count). The van der Waals surface area contributed by atoms with Gasteiger partial charge in [0.15, 0.2) is 12.6 Å². The van der Waals surface area contributed by atoms with E-state index in [0.717, 1.165) is 12.0 Å². The predicted molar refractivity (Wildman–Crippen MR) is 232 cm³/mol. The highest BCUT2D eigenvalue weighted by Gasteiger charge is 2.71. The molecule has 20 nitrogen and oxygen atoms in total. The summed E-state index contributed by atoms with van der Waals surface area (Å²) in [6.07, 6.45) is -15.3. The van der Waals surface area contributed by atoms with Gasteiger partial charge in [0.05, 0.1) is 50.5 Å². The summed E-state index contributed by atoms with van der Waals surface area (Å²) in [4.78, 5) is 28.3. The molecule has 8 aliphatic rings. The number of aliphatic hydroxyl groups is 11. The fourth-order valence-corrected chi connectivity index (χ4v) is 15.0. The van der Waals surface area contributed by atoms with Crippen molar-refractivity contribution in [2.45, 2.75) is 191 Å². The van der Waals surface area contributed by atoms with Crippen LogP contribution in [0.5, 0.6) is 0 Å². The molecule has 3 heterocycles. The van der Waals surface area contributed by atoms with Crippen molar-refractivity contribution >= 4 is 11.9 Å². The van der Waals surface area contributed by atoms with E-state index in [1.165, 1.54) is 7.11 Å². The first-order valence-electron chi connectivity index (χ1n) is 24.5. The number of hydrogen-bond donors (Lipinski definition) is 11. The van der Waals surface area contributed by atoms with Crippen molar-refractivity contribution in [3.8, 4) is 0 Å². The lowest BCUT2D eigenvalue weighted by molar-refractivity contribution is -0.368. The second-order valence-electron chi connectivity index (χ2n) is 22.7. The summed E-state index contributed by atoms with van der Waals surface area (Å²) in [7, 11) is 1.35. The molecule has 0 bridgehead atoms. The Morgan fingerprint density at radius 1 is 0.676 bits per heavy atom. The van der Waals surface area contributed by atoms with Crippen molar-refractivity contribution in [1.29, 1.82) is 0 Å². The van der Waals surface area contributed by atoms with Gasteiger partial charge in [0, 0.05) is 5.41 Å². The van der Waals surface area contributed by atoms with Gasteiger partial charge in [-0.1, -0.05) is 39.3 Å². The van der Waals surface area contributed by atoms with E-state index in [4.69, 9.17) is 33.2 Å². The summed E-state index contributed by atoms with van der Waals surface area (Å²) in [5.74, 6) is -1.51. The summed E-state index contributed by atoms with van der Waals surface area (Å²) >= 11 is 0. The van der Waals surface area contributed by atoms with E-state index in [1.54, 1.807) is 0 Å². The number of hydrogen-bond acceptors (Lipinski definition) is 20. The summed E-state index contributed by atoms with van der Waals surface area (Å²) in [6, 6.07) is 0. The molecule has 11 N–H and O–H groups in total. The zero-order valence-corrected chi connectivity index (χ0v) is 40.0. The summed E-state index contributed by atoms with van der Waals surface area (Å²) in [5, 5.41) is 116. The Bertz CT molecular complexity index is 1880. The molecular formula is C48H76O20. The topological polar surface area (TPSA) is 321 Å². The van der Waals surface area contributed by atoms with Gasteiger partial charge in [0.1, 0.15) is 67.1 Å². The fraction of sp³-hybridized carbons (Fsp3) is 0.917. The van der Waals surface area contributed by atoms with E-state index in [9.17, 15) is 65.8 Å². The Hall–Kier alpha value is -1.96. The number of carbonyl (C=O) groups is 2. The van der Waals surface area contributed by atoms with Crippen molar-refractivity contribution < 1.29 is 98.9 Å². The average Bonchev–Trinajstić information content (AvgIpc) is 3.32. The molecule has 0 aromatic carbocycles. The second kappa shape index (κ2) is 18.8. The highest BCUT2D eigenvalue weighted by Crippen LogP contribution is 2.76. The molecule has 0 amide bonds. The first-order valence-corrected chi connectivity index (χ1v) is 24.5. The van der Waals surface area contributed by atoms with Crippen molar-refractivity contribution in [3.05, 3.63) is 11.6 Å². The molecule has 7 fully saturated rings. The first-order chi connectivity index (χ1) is 31.9. The van der Waals surface area contributed by atoms with Gasteiger partial charge in [-0.3, -0.25) is 9.59 Å². The average molecular weight is 973 g/mol. The molecule has 3 saturated heterocycles. The number of aliphatic hydroxyl groups excluding tert-OH is 11. The number of carbonyl (C=O) groups excluding carboxylic acids is 2. The summed E-state index contributed by atoms with van der Waals surface area (Å²) < 4.78 is 41.1. The lowest BCUT2D eigenvalue weighted by Gasteiger charge is -2.71. The molecular weight excluding hydrogens is 897 g/mol. The maximum Gasteiger partial charge on any atom is 0.315 e. The molecule has 3 aliphatic heterocycles. The molecule has 5 aliphatic carbocycles. The van der Waals surface area contributed by atoms with Crippen molar-refractivity contribution in [2.75, 3.05) is 33.5 Å². The van der Waals surface area contributed by atoms with Crippen LogP contribution in [0.15, 0.2) is 11.6 Å². The lowest BCUT2D eigenvalue weighted by atomic mass is 9.33. The zero-order chi connectivity index (χ0) is 49.7. The van der Waals surface area contributed by atoms with E-state index in [-0.39, 0.29) is 48.3 Å². The molecule has 0 unspecified atom stereocenters. The minimum absolute atomic E-state index is 0.0867. The molecule has 0 radical (unpaired) electrons. The van der Waals surface area contributed by atoms with Crippen LogP contribution in [-0.4, -0.2) is 194 Å². The van der Waals surface area contributed by atoms with Crippen molar-refractivity contribution in [3.63, 3.8) is 0 Å². The third kappa shape index (κ3) is 7.94. The Kier molecular flexibility index (Phi) is 14.5. The molecule has 388 valence electrons. The smallest absolute Gasteiger partial charge is 0.315 e. The molecule has 0 aromatic heterocycles. The maximum atomic E-state index is 14.8. The highest BCUT2D eigenvalue weighted by atomic mass is 16.8. The minimum atomic E-state index is -1.79. The van der Waals surface area contributed by atoms with Crippen LogP contribution in [0.1, 0.15) is 98.8 Å². The van der Waals surface area contributed by atoms with Gasteiger partial charge in [-0.05, 0) is 105 Å². The van der Waals surface area contributed by atoms with E-state index >= 15 is 0 Å². The Balaban J connectivity index is 1.07. The Labute approximate surface area is 396 Å². The van der Waals surface area contributed by atoms with Crippen LogP contribution in [0.4, 0.5) is 0 Å². The maximum absolute atomic E-state index is 14.8. The molecule has 4 saturated carbocycles. The van der Waals surface area contributed by atoms with E-state index in [1.807, 2.05) is 13.8 Å². The van der Waals surface area contributed by atoms with Crippen LogP contribution in [0.3, 0.4) is 0 Å². The molecule has 0 aromatic rings. The number of ether oxygens (including phenoxy) is 7. The van der Waals surface area contributed by atoms with Gasteiger partial charge < -0.3 is 89.3 Å². The third-order valence-electron chi connectivity index (χ3n) is 19.5. The van der Waals surface area contributed by atoms with E-state index in [0.29, 0.717) is 51.4 Å². The zero-order valence-electron chi connectivity index (χ0n) is 40.0. The van der Waals surface area contributed by atoms with Gasteiger partial charge in [0.2, 0.25) is 6.29 Å². The Morgan fingerprint density at radius 3 is 1.91 bits per heavy atom. The normalized spacial score (nSPS) is 53.7. The van der Waals surface area contributed by atoms with Crippen molar-refractivity contribution in [1.82, 2.24) is 0 Å². The van der Waals surface area contributed by atoms with Crippen LogP contribution in [-0.2, 0) is 42.7 Å². The third-order valence-corrected chi connectivity index (χ3v) is 19.5. The molecule has 68 heavy (non-hydrogen) atoms. The van der Waals surface area contributed by atoms with Crippen molar-refractivity contribution in [2.24, 2.45) is 50.2 Å². The molecule has 20 heteroatoms. The van der Waals surface area contributed by atoms with Crippen LogP contribution in [0.2, 0.25) is 0 Å². The fourth-order valence-electron chi connectivity index (χ4n) is 15.0. The van der Waals surface area contributed by atoms with E-state index < -0.39 is 139 Å². The van der Waals surface area contributed by atoms with Crippen LogP contribution >= 0.6 is 0 Å². The SMILES string of the molecule is COC(=O)[C@@]1(C)CC[C@]2(C(=O)O[C@@H]3O[C@H](CO)[C@H](O)[C@H](O)[C@H]3O)CC[C@]3(C)C(=CC[C@@H]4[C@@]5(C)CC[C@H](O[C@@H]6OC[C@@H](O)[C@H](O)[C@H]6O[C@@H]6O[C@H](CO)[C@H](O)[C@H](O)[C@H]6O)[C@@](C)(CO)[C@@H]5CC[C@]43C)[C@@H]2C1. The van der Waals surface area contributed by atoms with Crippen LogP contribution in [0, 0.1) is 50.2 Å². The number of esters is 2.